The van der Waals surface area contributed by atoms with Gasteiger partial charge in [0.2, 0.25) is 5.91 Å². The van der Waals surface area contributed by atoms with Crippen LogP contribution in [0.25, 0.3) is 0 Å². The van der Waals surface area contributed by atoms with Gasteiger partial charge < -0.3 is 4.90 Å². The fourth-order valence-corrected chi connectivity index (χ4v) is 3.01. The summed E-state index contributed by atoms with van der Waals surface area (Å²) in [5.41, 5.74) is 3.31. The van der Waals surface area contributed by atoms with Gasteiger partial charge in [0.15, 0.2) is 0 Å². The van der Waals surface area contributed by atoms with E-state index in [1.165, 1.54) is 5.56 Å². The van der Waals surface area contributed by atoms with Crippen LogP contribution in [0.4, 0.5) is 5.69 Å². The molecule has 102 valence electrons. The SMILES string of the molecule is O=C1CCc2cc(Br)ccc2N1Cc1ccc(Cl)cc1. The summed E-state index contributed by atoms with van der Waals surface area (Å²) < 4.78 is 1.05. The summed E-state index contributed by atoms with van der Waals surface area (Å²) in [6.07, 6.45) is 1.38. The molecule has 4 heteroatoms. The lowest BCUT2D eigenvalue weighted by Gasteiger charge is -2.29. The van der Waals surface area contributed by atoms with Gasteiger partial charge in [-0.25, -0.2) is 0 Å². The van der Waals surface area contributed by atoms with Gasteiger partial charge in [-0.2, -0.15) is 0 Å². The first-order valence-corrected chi connectivity index (χ1v) is 7.64. The maximum absolute atomic E-state index is 12.2. The van der Waals surface area contributed by atoms with Crippen molar-refractivity contribution in [1.29, 1.82) is 0 Å². The number of halogens is 2. The van der Waals surface area contributed by atoms with E-state index in [1.807, 2.05) is 41.3 Å². The van der Waals surface area contributed by atoms with Gasteiger partial charge in [-0.1, -0.05) is 39.7 Å². The third kappa shape index (κ3) is 2.74. The van der Waals surface area contributed by atoms with Crippen molar-refractivity contribution in [1.82, 2.24) is 0 Å². The quantitative estimate of drug-likeness (QED) is 0.776. The summed E-state index contributed by atoms with van der Waals surface area (Å²) in [6, 6.07) is 13.7. The van der Waals surface area contributed by atoms with Gasteiger partial charge in [0.05, 0.1) is 6.54 Å². The molecule has 0 N–H and O–H groups in total. The molecule has 0 fully saturated rings. The number of hydrogen-bond acceptors (Lipinski definition) is 1. The van der Waals surface area contributed by atoms with Gasteiger partial charge in [-0.05, 0) is 47.9 Å². The maximum Gasteiger partial charge on any atom is 0.227 e. The highest BCUT2D eigenvalue weighted by Crippen LogP contribution is 2.31. The van der Waals surface area contributed by atoms with E-state index in [2.05, 4.69) is 22.0 Å². The van der Waals surface area contributed by atoms with Crippen LogP contribution >= 0.6 is 27.5 Å². The first-order chi connectivity index (χ1) is 9.63. The molecular formula is C16H13BrClNO. The van der Waals surface area contributed by atoms with Crippen LogP contribution in [0, 0.1) is 0 Å². The van der Waals surface area contributed by atoms with Crippen molar-refractivity contribution in [2.75, 3.05) is 4.90 Å². The Morgan fingerprint density at radius 2 is 1.85 bits per heavy atom. The average molecular weight is 351 g/mol. The monoisotopic (exact) mass is 349 g/mol. The Balaban J connectivity index is 1.93. The maximum atomic E-state index is 12.2. The summed E-state index contributed by atoms with van der Waals surface area (Å²) in [5, 5.41) is 0.711. The molecule has 0 aliphatic carbocycles. The fraction of sp³-hybridized carbons (Fsp3) is 0.188. The summed E-state index contributed by atoms with van der Waals surface area (Å²) in [4.78, 5) is 14.1. The topological polar surface area (TPSA) is 20.3 Å². The predicted molar refractivity (Wildman–Crippen MR) is 85.1 cm³/mol. The van der Waals surface area contributed by atoms with Crippen molar-refractivity contribution in [2.24, 2.45) is 0 Å². The fourth-order valence-electron chi connectivity index (χ4n) is 2.47. The van der Waals surface area contributed by atoms with Gasteiger partial charge in [0.25, 0.3) is 0 Å². The Kier molecular flexibility index (Phi) is 3.81. The molecular weight excluding hydrogens is 338 g/mol. The molecule has 0 aromatic heterocycles. The summed E-state index contributed by atoms with van der Waals surface area (Å²) in [5.74, 6) is 0.176. The van der Waals surface area contributed by atoms with Gasteiger partial charge in [0, 0.05) is 21.6 Å². The lowest BCUT2D eigenvalue weighted by molar-refractivity contribution is -0.119. The second kappa shape index (κ2) is 5.58. The average Bonchev–Trinajstić information content (AvgIpc) is 2.44. The van der Waals surface area contributed by atoms with E-state index in [-0.39, 0.29) is 5.91 Å². The number of amides is 1. The molecule has 1 aliphatic heterocycles. The molecule has 2 nitrogen and oxygen atoms in total. The van der Waals surface area contributed by atoms with Crippen molar-refractivity contribution in [3.8, 4) is 0 Å². The van der Waals surface area contributed by atoms with Gasteiger partial charge >= 0.3 is 0 Å². The summed E-state index contributed by atoms with van der Waals surface area (Å²) in [6.45, 7) is 0.588. The van der Waals surface area contributed by atoms with Crippen LogP contribution < -0.4 is 4.90 Å². The highest BCUT2D eigenvalue weighted by atomic mass is 79.9. The number of hydrogen-bond donors (Lipinski definition) is 0. The zero-order valence-electron chi connectivity index (χ0n) is 10.8. The van der Waals surface area contributed by atoms with Crippen molar-refractivity contribution in [2.45, 2.75) is 19.4 Å². The first-order valence-electron chi connectivity index (χ1n) is 6.47. The van der Waals surface area contributed by atoms with E-state index in [4.69, 9.17) is 11.6 Å². The third-order valence-electron chi connectivity index (χ3n) is 3.50. The Bertz CT molecular complexity index is 654. The Morgan fingerprint density at radius 3 is 2.60 bits per heavy atom. The van der Waals surface area contributed by atoms with Gasteiger partial charge in [0.1, 0.15) is 0 Å². The van der Waals surface area contributed by atoms with Crippen LogP contribution in [0.5, 0.6) is 0 Å². The normalized spacial score (nSPS) is 14.3. The molecule has 2 aromatic rings. The smallest absolute Gasteiger partial charge is 0.227 e. The number of carbonyl (C=O) groups is 1. The molecule has 3 rings (SSSR count). The number of rotatable bonds is 2. The number of aryl methyl sites for hydroxylation is 1. The highest BCUT2D eigenvalue weighted by Gasteiger charge is 2.24. The third-order valence-corrected chi connectivity index (χ3v) is 4.24. The van der Waals surface area contributed by atoms with E-state index >= 15 is 0 Å². The van der Waals surface area contributed by atoms with Crippen molar-refractivity contribution in [3.63, 3.8) is 0 Å². The molecule has 20 heavy (non-hydrogen) atoms. The molecule has 0 radical (unpaired) electrons. The number of carbonyl (C=O) groups excluding carboxylic acids is 1. The lowest BCUT2D eigenvalue weighted by Crippen LogP contribution is -2.34. The Hall–Kier alpha value is -1.32. The second-order valence-corrected chi connectivity index (χ2v) is 6.23. The van der Waals surface area contributed by atoms with Crippen LogP contribution in [0.3, 0.4) is 0 Å². The first kappa shape index (κ1) is 13.7. The molecule has 0 spiro atoms. The van der Waals surface area contributed by atoms with E-state index < -0.39 is 0 Å². The van der Waals surface area contributed by atoms with Crippen molar-refractivity contribution >= 4 is 39.1 Å². The van der Waals surface area contributed by atoms with E-state index in [0.717, 1.165) is 22.1 Å². The van der Waals surface area contributed by atoms with Crippen LogP contribution in [0.2, 0.25) is 5.02 Å². The summed E-state index contributed by atoms with van der Waals surface area (Å²) in [7, 11) is 0. The van der Waals surface area contributed by atoms with E-state index in [1.54, 1.807) is 0 Å². The number of anilines is 1. The molecule has 0 atom stereocenters. The van der Waals surface area contributed by atoms with Crippen LogP contribution in [0.15, 0.2) is 46.9 Å². The predicted octanol–water partition coefficient (Wildman–Crippen LogP) is 4.58. The van der Waals surface area contributed by atoms with Crippen LogP contribution in [0.1, 0.15) is 17.5 Å². The van der Waals surface area contributed by atoms with E-state index in [9.17, 15) is 4.79 Å². The summed E-state index contributed by atoms with van der Waals surface area (Å²) >= 11 is 9.38. The molecule has 1 amide bonds. The molecule has 2 aromatic carbocycles. The molecule has 1 aliphatic rings. The van der Waals surface area contributed by atoms with E-state index in [0.29, 0.717) is 18.0 Å². The van der Waals surface area contributed by atoms with Crippen LogP contribution in [-0.2, 0) is 17.8 Å². The number of fused-ring (bicyclic) bond motifs is 1. The minimum Gasteiger partial charge on any atom is -0.308 e. The zero-order valence-corrected chi connectivity index (χ0v) is 13.1. The Labute approximate surface area is 131 Å². The van der Waals surface area contributed by atoms with Gasteiger partial charge in [-0.3, -0.25) is 4.79 Å². The van der Waals surface area contributed by atoms with Crippen molar-refractivity contribution in [3.05, 3.63) is 63.1 Å². The standard InChI is InChI=1S/C16H13BrClNO/c17-13-4-7-15-12(9-13)3-8-16(20)19(15)10-11-1-5-14(18)6-2-11/h1-2,4-7,9H,3,8,10H2. The molecule has 0 saturated heterocycles. The van der Waals surface area contributed by atoms with Crippen LogP contribution in [-0.4, -0.2) is 5.91 Å². The molecule has 1 heterocycles. The molecule has 0 saturated carbocycles. The van der Waals surface area contributed by atoms with Crippen molar-refractivity contribution < 1.29 is 4.79 Å². The lowest BCUT2D eigenvalue weighted by atomic mass is 10.0. The zero-order chi connectivity index (χ0) is 14.1. The minimum absolute atomic E-state index is 0.176. The molecule has 0 bridgehead atoms. The number of nitrogens with zero attached hydrogens (tertiary/aromatic N) is 1. The number of benzene rings is 2. The minimum atomic E-state index is 0.176. The largest absolute Gasteiger partial charge is 0.308 e. The highest BCUT2D eigenvalue weighted by molar-refractivity contribution is 9.10. The van der Waals surface area contributed by atoms with Gasteiger partial charge in [-0.15, -0.1) is 0 Å². The molecule has 0 unspecified atom stereocenters. The second-order valence-electron chi connectivity index (χ2n) is 4.88. The Morgan fingerprint density at radius 1 is 1.10 bits per heavy atom.